The Bertz CT molecular complexity index is 449. The Balaban J connectivity index is 2.34. The second-order valence-corrected chi connectivity index (χ2v) is 5.85. The molecule has 1 aliphatic rings. The summed E-state index contributed by atoms with van der Waals surface area (Å²) in [6.45, 7) is 6.29. The van der Waals surface area contributed by atoms with E-state index in [-0.39, 0.29) is 5.66 Å². The van der Waals surface area contributed by atoms with Crippen LogP contribution in [0.5, 0.6) is 0 Å². The molecule has 5 heteroatoms. The van der Waals surface area contributed by atoms with Gasteiger partial charge in [-0.2, -0.15) is 0 Å². The van der Waals surface area contributed by atoms with Gasteiger partial charge >= 0.3 is 0 Å². The van der Waals surface area contributed by atoms with Crippen molar-refractivity contribution in [3.8, 4) is 0 Å². The van der Waals surface area contributed by atoms with Crippen molar-refractivity contribution in [1.29, 1.82) is 0 Å². The van der Waals surface area contributed by atoms with E-state index in [1.807, 2.05) is 23.2 Å². The van der Waals surface area contributed by atoms with Gasteiger partial charge in [0.25, 0.3) is 0 Å². The number of benzene rings is 1. The normalized spacial score (nSPS) is 24.3. The lowest BCUT2D eigenvalue weighted by atomic mass is 10.0. The summed E-state index contributed by atoms with van der Waals surface area (Å²) in [5.41, 5.74) is 4.21. The van der Waals surface area contributed by atoms with E-state index in [1.54, 1.807) is 0 Å². The third kappa shape index (κ3) is 2.32. The van der Waals surface area contributed by atoms with Crippen molar-refractivity contribution in [3.63, 3.8) is 0 Å². The standard InChI is InChI=1S/C12H16BrN3S/c1-8(2)16-11(17)14-12(3,15-16)9-6-4-5-7-10(9)13/h4-8,15H,1-3H3,(H,14,17). The van der Waals surface area contributed by atoms with Crippen molar-refractivity contribution in [2.45, 2.75) is 32.5 Å². The summed E-state index contributed by atoms with van der Waals surface area (Å²) < 4.78 is 1.07. The molecule has 0 aliphatic carbocycles. The van der Waals surface area contributed by atoms with Crippen LogP contribution in [0, 0.1) is 0 Å². The molecule has 1 fully saturated rings. The second-order valence-electron chi connectivity index (χ2n) is 4.61. The third-order valence-corrected chi connectivity index (χ3v) is 3.84. The van der Waals surface area contributed by atoms with Crippen molar-refractivity contribution < 1.29 is 0 Å². The van der Waals surface area contributed by atoms with Gasteiger partial charge in [-0.25, -0.2) is 5.43 Å². The first-order valence-electron chi connectivity index (χ1n) is 5.58. The quantitative estimate of drug-likeness (QED) is 0.821. The zero-order chi connectivity index (χ0) is 12.6. The van der Waals surface area contributed by atoms with Crippen LogP contribution in [-0.2, 0) is 5.66 Å². The fourth-order valence-electron chi connectivity index (χ4n) is 1.95. The summed E-state index contributed by atoms with van der Waals surface area (Å²) in [4.78, 5) is 0. The molecule has 1 aromatic rings. The lowest BCUT2D eigenvalue weighted by Gasteiger charge is -2.28. The van der Waals surface area contributed by atoms with Gasteiger partial charge in [0.1, 0.15) is 5.66 Å². The van der Waals surface area contributed by atoms with Gasteiger partial charge in [0.05, 0.1) is 0 Å². The predicted octanol–water partition coefficient (Wildman–Crippen LogP) is 2.72. The highest BCUT2D eigenvalue weighted by molar-refractivity contribution is 9.10. The molecule has 92 valence electrons. The Labute approximate surface area is 116 Å². The fourth-order valence-corrected chi connectivity index (χ4v) is 3.09. The van der Waals surface area contributed by atoms with Gasteiger partial charge in [-0.05, 0) is 39.1 Å². The summed E-state index contributed by atoms with van der Waals surface area (Å²) in [5, 5.41) is 6.05. The molecule has 3 nitrogen and oxygen atoms in total. The number of hydrazine groups is 1. The number of nitrogens with one attached hydrogen (secondary N) is 2. The van der Waals surface area contributed by atoms with Crippen LogP contribution in [0.1, 0.15) is 26.3 Å². The third-order valence-electron chi connectivity index (χ3n) is 2.85. The van der Waals surface area contributed by atoms with Crippen LogP contribution >= 0.6 is 28.1 Å². The van der Waals surface area contributed by atoms with Crippen LogP contribution in [0.4, 0.5) is 0 Å². The van der Waals surface area contributed by atoms with Crippen LogP contribution in [-0.4, -0.2) is 16.2 Å². The van der Waals surface area contributed by atoms with Crippen molar-refractivity contribution in [2.75, 3.05) is 0 Å². The molecule has 1 aromatic carbocycles. The van der Waals surface area contributed by atoms with E-state index in [9.17, 15) is 0 Å². The van der Waals surface area contributed by atoms with Crippen molar-refractivity contribution in [1.82, 2.24) is 15.8 Å². The van der Waals surface area contributed by atoms with Crippen LogP contribution in [0.25, 0.3) is 0 Å². The Morgan fingerprint density at radius 1 is 1.35 bits per heavy atom. The van der Waals surface area contributed by atoms with Gasteiger partial charge in [0.15, 0.2) is 5.11 Å². The lowest BCUT2D eigenvalue weighted by molar-refractivity contribution is 0.202. The van der Waals surface area contributed by atoms with Gasteiger partial charge in [-0.15, -0.1) is 0 Å². The highest BCUT2D eigenvalue weighted by atomic mass is 79.9. The molecule has 0 amide bonds. The van der Waals surface area contributed by atoms with Gasteiger partial charge in [-0.1, -0.05) is 34.1 Å². The molecule has 1 saturated heterocycles. The Hall–Kier alpha value is -0.650. The number of hydrogen-bond donors (Lipinski definition) is 2. The van der Waals surface area contributed by atoms with E-state index in [4.69, 9.17) is 12.2 Å². The van der Waals surface area contributed by atoms with E-state index >= 15 is 0 Å². The van der Waals surface area contributed by atoms with Crippen LogP contribution in [0.15, 0.2) is 28.7 Å². The van der Waals surface area contributed by atoms with Crippen molar-refractivity contribution in [2.24, 2.45) is 0 Å². The lowest BCUT2D eigenvalue weighted by Crippen LogP contribution is -2.47. The molecule has 0 spiro atoms. The van der Waals surface area contributed by atoms with E-state index in [0.29, 0.717) is 6.04 Å². The molecule has 1 unspecified atom stereocenters. The Morgan fingerprint density at radius 2 is 2.00 bits per heavy atom. The highest BCUT2D eigenvalue weighted by Gasteiger charge is 2.39. The van der Waals surface area contributed by atoms with E-state index in [2.05, 4.69) is 53.5 Å². The van der Waals surface area contributed by atoms with E-state index in [1.165, 1.54) is 0 Å². The summed E-state index contributed by atoms with van der Waals surface area (Å²) in [5.74, 6) is 0. The second kappa shape index (κ2) is 4.55. The first-order chi connectivity index (χ1) is 7.94. The minimum absolute atomic E-state index is 0.319. The monoisotopic (exact) mass is 313 g/mol. The smallest absolute Gasteiger partial charge is 0.185 e. The molecule has 1 aliphatic heterocycles. The van der Waals surface area contributed by atoms with Crippen LogP contribution in [0.2, 0.25) is 0 Å². The number of thiocarbonyl (C=S) groups is 1. The Kier molecular flexibility index (Phi) is 3.43. The van der Waals surface area contributed by atoms with Gasteiger partial charge in [-0.3, -0.25) is 5.01 Å². The van der Waals surface area contributed by atoms with Crippen molar-refractivity contribution >= 4 is 33.3 Å². The van der Waals surface area contributed by atoms with Gasteiger partial charge in [0, 0.05) is 16.1 Å². The zero-order valence-corrected chi connectivity index (χ0v) is 12.5. The molecule has 17 heavy (non-hydrogen) atoms. The maximum absolute atomic E-state index is 5.35. The van der Waals surface area contributed by atoms with Crippen LogP contribution in [0.3, 0.4) is 0 Å². The molecule has 2 rings (SSSR count). The Morgan fingerprint density at radius 3 is 2.53 bits per heavy atom. The summed E-state index contributed by atoms with van der Waals surface area (Å²) in [7, 11) is 0. The number of nitrogens with zero attached hydrogens (tertiary/aromatic N) is 1. The molecule has 0 radical (unpaired) electrons. The van der Waals surface area contributed by atoms with Gasteiger partial charge < -0.3 is 5.32 Å². The molecule has 0 saturated carbocycles. The van der Waals surface area contributed by atoms with Gasteiger partial charge in [0.2, 0.25) is 0 Å². The molecule has 2 N–H and O–H groups in total. The topological polar surface area (TPSA) is 27.3 Å². The van der Waals surface area contributed by atoms with E-state index in [0.717, 1.165) is 15.1 Å². The van der Waals surface area contributed by atoms with Crippen molar-refractivity contribution in [3.05, 3.63) is 34.3 Å². The predicted molar refractivity (Wildman–Crippen MR) is 77.3 cm³/mol. The van der Waals surface area contributed by atoms with E-state index < -0.39 is 0 Å². The minimum Gasteiger partial charge on any atom is -0.338 e. The average Bonchev–Trinajstić information content (AvgIpc) is 2.56. The largest absolute Gasteiger partial charge is 0.338 e. The molecular formula is C12H16BrN3S. The molecule has 0 aromatic heterocycles. The number of rotatable bonds is 2. The minimum atomic E-state index is -0.360. The molecule has 0 bridgehead atoms. The average molecular weight is 314 g/mol. The zero-order valence-electron chi connectivity index (χ0n) is 10.1. The number of hydrogen-bond acceptors (Lipinski definition) is 2. The maximum atomic E-state index is 5.35. The first kappa shape index (κ1) is 12.8. The highest BCUT2D eigenvalue weighted by Crippen LogP contribution is 2.29. The summed E-state index contributed by atoms with van der Waals surface area (Å²) >= 11 is 8.92. The molecular weight excluding hydrogens is 298 g/mol. The summed E-state index contributed by atoms with van der Waals surface area (Å²) in [6, 6.07) is 8.46. The number of halogens is 1. The maximum Gasteiger partial charge on any atom is 0.185 e. The molecule has 1 atom stereocenters. The summed E-state index contributed by atoms with van der Waals surface area (Å²) in [6.07, 6.45) is 0. The first-order valence-corrected chi connectivity index (χ1v) is 6.78. The molecule has 1 heterocycles. The van der Waals surface area contributed by atoms with Crippen LogP contribution < -0.4 is 10.7 Å². The SMILES string of the molecule is CC(C)N1NC(C)(c2ccccc2Br)NC1=S. The fraction of sp³-hybridized carbons (Fsp3) is 0.417.